The van der Waals surface area contributed by atoms with E-state index in [0.717, 1.165) is 24.3 Å². The maximum Gasteiger partial charge on any atom is 0.233 e. The molecular formula is C18H26N6O2. The molecule has 0 N–H and O–H groups in total. The second kappa shape index (κ2) is 7.23. The minimum atomic E-state index is -0.316. The molecule has 1 aromatic carbocycles. The van der Waals surface area contributed by atoms with Gasteiger partial charge in [0, 0.05) is 31.0 Å². The van der Waals surface area contributed by atoms with Crippen LogP contribution in [0.3, 0.4) is 0 Å². The Morgan fingerprint density at radius 3 is 2.77 bits per heavy atom. The molecule has 1 aliphatic rings. The van der Waals surface area contributed by atoms with Gasteiger partial charge in [0.15, 0.2) is 6.10 Å². The van der Waals surface area contributed by atoms with Crippen molar-refractivity contribution in [1.29, 1.82) is 0 Å². The first-order valence-electron chi connectivity index (χ1n) is 8.77. The molecular weight excluding hydrogens is 332 g/mol. The van der Waals surface area contributed by atoms with E-state index in [1.807, 2.05) is 49.8 Å². The molecule has 26 heavy (non-hydrogen) atoms. The molecule has 1 atom stereocenters. The number of hydrazine groups is 1. The number of benzene rings is 1. The highest BCUT2D eigenvalue weighted by Crippen LogP contribution is 2.24. The lowest BCUT2D eigenvalue weighted by molar-refractivity contribution is -0.720. The molecule has 0 saturated carbocycles. The molecule has 1 fully saturated rings. The molecule has 0 bridgehead atoms. The van der Waals surface area contributed by atoms with E-state index in [1.54, 1.807) is 13.2 Å². The van der Waals surface area contributed by atoms with Crippen LogP contribution in [0.5, 0.6) is 0 Å². The fourth-order valence-corrected chi connectivity index (χ4v) is 2.72. The third-order valence-corrected chi connectivity index (χ3v) is 4.60. The van der Waals surface area contributed by atoms with E-state index in [1.165, 1.54) is 5.01 Å². The van der Waals surface area contributed by atoms with Crippen LogP contribution in [0, 0.1) is 5.21 Å². The summed E-state index contributed by atoms with van der Waals surface area (Å²) in [6.07, 6.45) is 4.40. The Labute approximate surface area is 153 Å². The summed E-state index contributed by atoms with van der Waals surface area (Å²) in [6, 6.07) is 10.1. The van der Waals surface area contributed by atoms with Crippen molar-refractivity contribution in [2.45, 2.75) is 38.8 Å². The van der Waals surface area contributed by atoms with Crippen LogP contribution in [0.15, 0.2) is 48.0 Å². The van der Waals surface area contributed by atoms with Crippen molar-refractivity contribution in [2.24, 2.45) is 5.28 Å². The molecule has 140 valence electrons. The van der Waals surface area contributed by atoms with Crippen molar-refractivity contribution in [3.63, 3.8) is 0 Å². The summed E-state index contributed by atoms with van der Waals surface area (Å²) in [5.41, 5.74) is 1.80. The highest BCUT2D eigenvalue weighted by molar-refractivity contribution is 5.53. The Morgan fingerprint density at radius 1 is 1.31 bits per heavy atom. The maximum atomic E-state index is 12.0. The highest BCUT2D eigenvalue weighted by atomic mass is 16.7. The first kappa shape index (κ1) is 18.0. The molecule has 0 amide bonds. The van der Waals surface area contributed by atoms with Crippen LogP contribution < -0.4 is 4.90 Å². The van der Waals surface area contributed by atoms with Gasteiger partial charge in [-0.25, -0.2) is 4.68 Å². The fraction of sp³-hybridized carbons (Fsp3) is 0.500. The highest BCUT2D eigenvalue weighted by Gasteiger charge is 2.27. The summed E-state index contributed by atoms with van der Waals surface area (Å²) >= 11 is 0. The van der Waals surface area contributed by atoms with Gasteiger partial charge >= 0.3 is 0 Å². The van der Waals surface area contributed by atoms with Crippen molar-refractivity contribution in [1.82, 2.24) is 14.8 Å². The summed E-state index contributed by atoms with van der Waals surface area (Å²) in [5.74, 6) is 0. The molecule has 1 aromatic heterocycles. The third-order valence-electron chi connectivity index (χ3n) is 4.60. The summed E-state index contributed by atoms with van der Waals surface area (Å²) in [6.45, 7) is 7.38. The van der Waals surface area contributed by atoms with E-state index in [9.17, 15) is 5.21 Å². The second-order valence-electron chi connectivity index (χ2n) is 7.46. The van der Waals surface area contributed by atoms with Gasteiger partial charge in [0.1, 0.15) is 0 Å². The normalized spacial score (nSPS) is 18.2. The summed E-state index contributed by atoms with van der Waals surface area (Å²) in [5, 5.41) is 21.5. The van der Waals surface area contributed by atoms with Crippen LogP contribution in [-0.2, 0) is 4.84 Å². The number of nitrogens with zero attached hydrogens (tertiary/aromatic N) is 6. The Balaban J connectivity index is 1.62. The average Bonchev–Trinajstić information content (AvgIpc) is 3.30. The SMILES string of the molecule is CN(/[N+]([O-])=N\O[C@@H]1CCN(c2cccc(-n3cccn3)c2)C1)C(C)(C)C. The van der Waals surface area contributed by atoms with E-state index < -0.39 is 0 Å². The van der Waals surface area contributed by atoms with Gasteiger partial charge < -0.3 is 14.9 Å². The number of rotatable bonds is 5. The molecule has 2 heterocycles. The van der Waals surface area contributed by atoms with Gasteiger partial charge in [-0.2, -0.15) is 5.10 Å². The predicted molar refractivity (Wildman–Crippen MR) is 98.8 cm³/mol. The van der Waals surface area contributed by atoms with Gasteiger partial charge in [0.2, 0.25) is 5.28 Å². The Hall–Kier alpha value is -2.77. The lowest BCUT2D eigenvalue weighted by atomic mass is 10.1. The largest absolute Gasteiger partial charge is 0.569 e. The molecule has 0 aliphatic carbocycles. The molecule has 1 saturated heterocycles. The standard InChI is InChI=1S/C18H26N6O2/c1-18(2,3)21(4)24(25)20-26-17-9-12-22(14-17)15-7-5-8-16(13-15)23-11-6-10-19-23/h5-8,10-11,13,17H,9,12,14H2,1-4H3/b24-20+/t17-/m1/s1. The van der Waals surface area contributed by atoms with E-state index in [4.69, 9.17) is 4.84 Å². The number of hydrogen-bond donors (Lipinski definition) is 0. The molecule has 2 aromatic rings. The van der Waals surface area contributed by atoms with E-state index in [0.29, 0.717) is 11.5 Å². The Morgan fingerprint density at radius 2 is 2.08 bits per heavy atom. The topological polar surface area (TPSA) is 72.0 Å². The molecule has 0 unspecified atom stereocenters. The van der Waals surface area contributed by atoms with E-state index in [2.05, 4.69) is 27.4 Å². The van der Waals surface area contributed by atoms with Crippen LogP contribution in [0.2, 0.25) is 0 Å². The first-order valence-corrected chi connectivity index (χ1v) is 8.77. The van der Waals surface area contributed by atoms with Crippen molar-refractivity contribution in [3.8, 4) is 5.69 Å². The Bertz CT molecular complexity index is 753. The average molecular weight is 358 g/mol. The van der Waals surface area contributed by atoms with Crippen molar-refractivity contribution >= 4 is 5.69 Å². The van der Waals surface area contributed by atoms with E-state index in [-0.39, 0.29) is 11.6 Å². The minimum absolute atomic E-state index is 0.104. The zero-order chi connectivity index (χ0) is 18.7. The quantitative estimate of drug-likeness (QED) is 0.467. The maximum absolute atomic E-state index is 12.0. The zero-order valence-electron chi connectivity index (χ0n) is 15.7. The van der Waals surface area contributed by atoms with Crippen molar-refractivity contribution in [3.05, 3.63) is 47.9 Å². The summed E-state index contributed by atoms with van der Waals surface area (Å²) < 4.78 is 1.83. The second-order valence-corrected chi connectivity index (χ2v) is 7.46. The molecule has 3 rings (SSSR count). The van der Waals surface area contributed by atoms with Crippen molar-refractivity contribution in [2.75, 3.05) is 25.0 Å². The number of hydrogen-bond acceptors (Lipinski definition) is 5. The predicted octanol–water partition coefficient (Wildman–Crippen LogP) is 2.99. The number of anilines is 1. The molecule has 8 nitrogen and oxygen atoms in total. The van der Waals surface area contributed by atoms with Crippen LogP contribution in [0.1, 0.15) is 27.2 Å². The lowest BCUT2D eigenvalue weighted by Gasteiger charge is -2.26. The first-order chi connectivity index (χ1) is 12.3. The number of aromatic nitrogens is 2. The van der Waals surface area contributed by atoms with Crippen LogP contribution in [0.25, 0.3) is 5.69 Å². The fourth-order valence-electron chi connectivity index (χ4n) is 2.72. The molecule has 8 heteroatoms. The van der Waals surface area contributed by atoms with Crippen LogP contribution in [-0.4, -0.2) is 51.5 Å². The van der Waals surface area contributed by atoms with Gasteiger partial charge in [-0.05, 0) is 45.0 Å². The van der Waals surface area contributed by atoms with Gasteiger partial charge in [-0.3, -0.25) is 0 Å². The van der Waals surface area contributed by atoms with Crippen LogP contribution in [0.4, 0.5) is 5.69 Å². The van der Waals surface area contributed by atoms with Gasteiger partial charge in [0.25, 0.3) is 0 Å². The van der Waals surface area contributed by atoms with Gasteiger partial charge in [0.05, 0.1) is 29.8 Å². The zero-order valence-corrected chi connectivity index (χ0v) is 15.7. The van der Waals surface area contributed by atoms with Gasteiger partial charge in [-0.15, -0.1) is 5.01 Å². The third kappa shape index (κ3) is 4.07. The molecule has 1 aliphatic heterocycles. The van der Waals surface area contributed by atoms with E-state index >= 15 is 0 Å². The summed E-state index contributed by atoms with van der Waals surface area (Å²) in [7, 11) is 1.70. The Kier molecular flexibility index (Phi) is 5.01. The smallest absolute Gasteiger partial charge is 0.233 e. The lowest BCUT2D eigenvalue weighted by Crippen LogP contribution is -2.42. The van der Waals surface area contributed by atoms with Gasteiger partial charge in [-0.1, -0.05) is 6.07 Å². The molecule has 0 spiro atoms. The molecule has 0 radical (unpaired) electrons. The monoisotopic (exact) mass is 358 g/mol. The van der Waals surface area contributed by atoms with Crippen molar-refractivity contribution < 1.29 is 9.81 Å². The minimum Gasteiger partial charge on any atom is -0.569 e. The summed E-state index contributed by atoms with van der Waals surface area (Å²) in [4.78, 5) is 8.22. The van der Waals surface area contributed by atoms with Crippen LogP contribution >= 0.6 is 0 Å².